The van der Waals surface area contributed by atoms with Gasteiger partial charge in [0, 0.05) is 18.6 Å². The van der Waals surface area contributed by atoms with E-state index in [-0.39, 0.29) is 0 Å². The first-order valence-electron chi connectivity index (χ1n) is 5.87. The van der Waals surface area contributed by atoms with E-state index < -0.39 is 0 Å². The average molecular weight is 182 g/mol. The topological polar surface area (TPSA) is 15.3 Å². The fourth-order valence-corrected chi connectivity index (χ4v) is 2.79. The molecule has 0 aliphatic carbocycles. The van der Waals surface area contributed by atoms with Gasteiger partial charge in [-0.1, -0.05) is 6.92 Å². The van der Waals surface area contributed by atoms with Gasteiger partial charge in [0.15, 0.2) is 0 Å². The third kappa shape index (κ3) is 2.23. The van der Waals surface area contributed by atoms with Gasteiger partial charge in [-0.3, -0.25) is 4.90 Å². The lowest BCUT2D eigenvalue weighted by Crippen LogP contribution is -2.39. The smallest absolute Gasteiger partial charge is 0.0195 e. The van der Waals surface area contributed by atoms with Crippen LogP contribution in [0, 0.1) is 0 Å². The predicted molar refractivity (Wildman–Crippen MR) is 55.9 cm³/mol. The van der Waals surface area contributed by atoms with Gasteiger partial charge in [0.05, 0.1) is 0 Å². The van der Waals surface area contributed by atoms with Gasteiger partial charge in [-0.25, -0.2) is 0 Å². The van der Waals surface area contributed by atoms with Crippen molar-refractivity contribution in [3.63, 3.8) is 0 Å². The molecule has 0 aromatic carbocycles. The van der Waals surface area contributed by atoms with E-state index in [0.29, 0.717) is 0 Å². The summed E-state index contributed by atoms with van der Waals surface area (Å²) < 4.78 is 0. The summed E-state index contributed by atoms with van der Waals surface area (Å²) in [6, 6.07) is 1.69. The Labute approximate surface area is 81.7 Å². The first-order valence-corrected chi connectivity index (χ1v) is 5.87. The Balaban J connectivity index is 1.79. The fraction of sp³-hybridized carbons (Fsp3) is 1.00. The minimum atomic E-state index is 0.798. The minimum absolute atomic E-state index is 0.798. The highest BCUT2D eigenvalue weighted by Crippen LogP contribution is 2.21. The van der Waals surface area contributed by atoms with Crippen LogP contribution in [0.5, 0.6) is 0 Å². The lowest BCUT2D eigenvalue weighted by molar-refractivity contribution is 0.227. The van der Waals surface area contributed by atoms with Crippen LogP contribution in [-0.2, 0) is 0 Å². The summed E-state index contributed by atoms with van der Waals surface area (Å²) in [5.41, 5.74) is 0. The van der Waals surface area contributed by atoms with E-state index in [1.54, 1.807) is 0 Å². The number of likely N-dealkylation sites (tertiary alicyclic amines) is 1. The maximum Gasteiger partial charge on any atom is 0.0195 e. The van der Waals surface area contributed by atoms with Gasteiger partial charge in [0.25, 0.3) is 0 Å². The Morgan fingerprint density at radius 3 is 2.92 bits per heavy atom. The van der Waals surface area contributed by atoms with Crippen LogP contribution in [0.15, 0.2) is 0 Å². The summed E-state index contributed by atoms with van der Waals surface area (Å²) in [4.78, 5) is 2.70. The molecule has 0 aromatic rings. The van der Waals surface area contributed by atoms with Gasteiger partial charge >= 0.3 is 0 Å². The van der Waals surface area contributed by atoms with E-state index in [4.69, 9.17) is 0 Å². The van der Waals surface area contributed by atoms with E-state index >= 15 is 0 Å². The van der Waals surface area contributed by atoms with Gasteiger partial charge < -0.3 is 5.32 Å². The first-order chi connectivity index (χ1) is 6.40. The summed E-state index contributed by atoms with van der Waals surface area (Å²) >= 11 is 0. The molecule has 2 atom stereocenters. The molecule has 0 radical (unpaired) electrons. The van der Waals surface area contributed by atoms with E-state index in [1.165, 1.54) is 51.7 Å². The molecule has 0 aromatic heterocycles. The third-order valence-electron chi connectivity index (χ3n) is 3.59. The van der Waals surface area contributed by atoms with Crippen LogP contribution >= 0.6 is 0 Å². The van der Waals surface area contributed by atoms with Crippen molar-refractivity contribution in [3.8, 4) is 0 Å². The molecule has 0 amide bonds. The lowest BCUT2D eigenvalue weighted by Gasteiger charge is -2.26. The van der Waals surface area contributed by atoms with Gasteiger partial charge in [-0.2, -0.15) is 0 Å². The summed E-state index contributed by atoms with van der Waals surface area (Å²) in [7, 11) is 0. The number of hydrogen-bond acceptors (Lipinski definition) is 2. The monoisotopic (exact) mass is 182 g/mol. The highest BCUT2D eigenvalue weighted by molar-refractivity contribution is 4.84. The van der Waals surface area contributed by atoms with Crippen molar-refractivity contribution in [2.75, 3.05) is 19.6 Å². The van der Waals surface area contributed by atoms with Crippen LogP contribution in [0.3, 0.4) is 0 Å². The van der Waals surface area contributed by atoms with Crippen molar-refractivity contribution in [1.82, 2.24) is 10.2 Å². The molecule has 1 N–H and O–H groups in total. The van der Waals surface area contributed by atoms with Crippen LogP contribution in [0.2, 0.25) is 0 Å². The Bertz CT molecular complexity index is 152. The summed E-state index contributed by atoms with van der Waals surface area (Å²) in [5.74, 6) is 0. The molecule has 2 rings (SSSR count). The zero-order valence-electron chi connectivity index (χ0n) is 8.76. The summed E-state index contributed by atoms with van der Waals surface area (Å²) in [6.07, 6.45) is 6.98. The molecule has 2 aliphatic heterocycles. The normalized spacial score (nSPS) is 35.8. The summed E-state index contributed by atoms with van der Waals surface area (Å²) in [6.45, 7) is 6.22. The number of nitrogens with zero attached hydrogens (tertiary/aromatic N) is 1. The first kappa shape index (κ1) is 9.47. The standard InChI is InChI=1S/C11H22N2/c1-2-11-6-4-8-13(11)9-10-5-3-7-12-10/h10-12H,2-9H2,1H3/t10-,11?/m1/s1. The van der Waals surface area contributed by atoms with Crippen LogP contribution in [0.25, 0.3) is 0 Å². The van der Waals surface area contributed by atoms with Gasteiger partial charge in [-0.15, -0.1) is 0 Å². The van der Waals surface area contributed by atoms with Crippen molar-refractivity contribution in [2.24, 2.45) is 0 Å². The van der Waals surface area contributed by atoms with Gasteiger partial charge in [0.2, 0.25) is 0 Å². The van der Waals surface area contributed by atoms with Crippen LogP contribution in [-0.4, -0.2) is 36.6 Å². The Kier molecular flexibility index (Phi) is 3.23. The van der Waals surface area contributed by atoms with Crippen LogP contribution in [0.1, 0.15) is 39.0 Å². The fourth-order valence-electron chi connectivity index (χ4n) is 2.79. The highest BCUT2D eigenvalue weighted by atomic mass is 15.2. The molecule has 2 saturated heterocycles. The number of nitrogens with one attached hydrogen (secondary N) is 1. The second-order valence-corrected chi connectivity index (χ2v) is 4.49. The predicted octanol–water partition coefficient (Wildman–Crippen LogP) is 1.61. The molecular weight excluding hydrogens is 160 g/mol. The van der Waals surface area contributed by atoms with Crippen LogP contribution < -0.4 is 5.32 Å². The van der Waals surface area contributed by atoms with Crippen molar-refractivity contribution >= 4 is 0 Å². The minimum Gasteiger partial charge on any atom is -0.313 e. The second-order valence-electron chi connectivity index (χ2n) is 4.49. The van der Waals surface area contributed by atoms with Crippen molar-refractivity contribution < 1.29 is 0 Å². The molecule has 13 heavy (non-hydrogen) atoms. The average Bonchev–Trinajstić information content (AvgIpc) is 2.76. The van der Waals surface area contributed by atoms with Crippen LogP contribution in [0.4, 0.5) is 0 Å². The van der Waals surface area contributed by atoms with Crippen molar-refractivity contribution in [1.29, 1.82) is 0 Å². The maximum atomic E-state index is 3.59. The van der Waals surface area contributed by atoms with E-state index in [2.05, 4.69) is 17.1 Å². The Hall–Kier alpha value is -0.0800. The van der Waals surface area contributed by atoms with E-state index in [9.17, 15) is 0 Å². The van der Waals surface area contributed by atoms with Gasteiger partial charge in [-0.05, 0) is 45.2 Å². The SMILES string of the molecule is CCC1CCCN1C[C@H]1CCCN1. The second kappa shape index (κ2) is 4.43. The zero-order valence-corrected chi connectivity index (χ0v) is 8.76. The lowest BCUT2D eigenvalue weighted by atomic mass is 10.1. The Morgan fingerprint density at radius 1 is 1.31 bits per heavy atom. The van der Waals surface area contributed by atoms with Crippen molar-refractivity contribution in [3.05, 3.63) is 0 Å². The zero-order chi connectivity index (χ0) is 9.10. The number of rotatable bonds is 3. The Morgan fingerprint density at radius 2 is 2.23 bits per heavy atom. The molecule has 2 aliphatic rings. The molecule has 76 valence electrons. The maximum absolute atomic E-state index is 3.59. The molecule has 2 heteroatoms. The summed E-state index contributed by atoms with van der Waals surface area (Å²) in [5, 5.41) is 3.59. The molecule has 0 bridgehead atoms. The molecular formula is C11H22N2. The molecule has 0 saturated carbocycles. The number of hydrogen-bond donors (Lipinski definition) is 1. The molecule has 2 heterocycles. The molecule has 2 fully saturated rings. The largest absolute Gasteiger partial charge is 0.313 e. The van der Waals surface area contributed by atoms with E-state index in [1.807, 2.05) is 0 Å². The quantitative estimate of drug-likeness (QED) is 0.713. The third-order valence-corrected chi connectivity index (χ3v) is 3.59. The highest BCUT2D eigenvalue weighted by Gasteiger charge is 2.26. The van der Waals surface area contributed by atoms with Gasteiger partial charge in [0.1, 0.15) is 0 Å². The molecule has 2 nitrogen and oxygen atoms in total. The molecule has 1 unspecified atom stereocenters. The molecule has 0 spiro atoms. The van der Waals surface area contributed by atoms with Crippen molar-refractivity contribution in [2.45, 2.75) is 51.1 Å². The van der Waals surface area contributed by atoms with E-state index in [0.717, 1.165) is 12.1 Å².